The minimum Gasteiger partial charge on any atom is -0.493 e. The maximum atomic E-state index is 12.7. The smallest absolute Gasteiger partial charge is 0.255 e. The fourth-order valence-electron chi connectivity index (χ4n) is 2.86. The Morgan fingerprint density at radius 2 is 1.92 bits per heavy atom. The number of aryl methyl sites for hydroxylation is 1. The van der Waals surface area contributed by atoms with E-state index in [0.717, 1.165) is 29.4 Å². The van der Waals surface area contributed by atoms with Crippen molar-refractivity contribution in [2.45, 2.75) is 32.7 Å². The first-order chi connectivity index (χ1) is 12.2. The number of furan rings is 1. The summed E-state index contributed by atoms with van der Waals surface area (Å²) in [6, 6.07) is 15.7. The van der Waals surface area contributed by atoms with Gasteiger partial charge >= 0.3 is 0 Å². The van der Waals surface area contributed by atoms with E-state index in [2.05, 4.69) is 5.32 Å². The van der Waals surface area contributed by atoms with Crippen LogP contribution in [0.1, 0.15) is 36.4 Å². The van der Waals surface area contributed by atoms with Crippen molar-refractivity contribution in [1.29, 1.82) is 0 Å². The molecule has 1 heterocycles. The van der Waals surface area contributed by atoms with Crippen LogP contribution >= 0.6 is 0 Å². The SMILES string of the molecule is CCOc1cc2ccccc2cc1C(=O)NC(C)CCc1ccco1. The van der Waals surface area contributed by atoms with Crippen molar-refractivity contribution in [1.82, 2.24) is 5.32 Å². The van der Waals surface area contributed by atoms with E-state index in [1.165, 1.54) is 0 Å². The molecule has 0 saturated heterocycles. The Kier molecular flexibility index (Phi) is 5.39. The van der Waals surface area contributed by atoms with Crippen LogP contribution in [0.4, 0.5) is 0 Å². The second-order valence-electron chi connectivity index (χ2n) is 6.12. The Labute approximate surface area is 147 Å². The summed E-state index contributed by atoms with van der Waals surface area (Å²) < 4.78 is 11.0. The zero-order valence-corrected chi connectivity index (χ0v) is 14.6. The van der Waals surface area contributed by atoms with Gasteiger partial charge in [-0.3, -0.25) is 4.79 Å². The molecule has 0 fully saturated rings. The molecular formula is C21H23NO3. The van der Waals surface area contributed by atoms with E-state index in [4.69, 9.17) is 9.15 Å². The minimum absolute atomic E-state index is 0.0403. The lowest BCUT2D eigenvalue weighted by Crippen LogP contribution is -2.33. The van der Waals surface area contributed by atoms with Crippen LogP contribution in [0.5, 0.6) is 5.75 Å². The molecule has 0 aliphatic carbocycles. The molecule has 1 atom stereocenters. The van der Waals surface area contributed by atoms with E-state index in [0.29, 0.717) is 17.9 Å². The summed E-state index contributed by atoms with van der Waals surface area (Å²) in [5.74, 6) is 1.44. The molecule has 1 N–H and O–H groups in total. The number of hydrogen-bond donors (Lipinski definition) is 1. The van der Waals surface area contributed by atoms with Crippen molar-refractivity contribution in [2.24, 2.45) is 0 Å². The molecule has 1 unspecified atom stereocenters. The number of amides is 1. The molecule has 0 bridgehead atoms. The molecule has 0 radical (unpaired) electrons. The lowest BCUT2D eigenvalue weighted by molar-refractivity contribution is 0.0934. The molecule has 3 aromatic rings. The lowest BCUT2D eigenvalue weighted by Gasteiger charge is -2.16. The number of fused-ring (bicyclic) bond motifs is 1. The van der Waals surface area contributed by atoms with Gasteiger partial charge in [-0.1, -0.05) is 24.3 Å². The monoisotopic (exact) mass is 337 g/mol. The van der Waals surface area contributed by atoms with Crippen molar-refractivity contribution >= 4 is 16.7 Å². The van der Waals surface area contributed by atoms with E-state index in [1.807, 2.05) is 62.4 Å². The number of rotatable bonds is 7. The topological polar surface area (TPSA) is 51.5 Å². The molecule has 0 aliphatic heterocycles. The fourth-order valence-corrected chi connectivity index (χ4v) is 2.86. The summed E-state index contributed by atoms with van der Waals surface area (Å²) in [5, 5.41) is 5.15. The third kappa shape index (κ3) is 4.21. The average molecular weight is 337 g/mol. The van der Waals surface area contributed by atoms with Crippen LogP contribution in [0.25, 0.3) is 10.8 Å². The Hall–Kier alpha value is -2.75. The summed E-state index contributed by atoms with van der Waals surface area (Å²) in [6.07, 6.45) is 3.28. The van der Waals surface area contributed by atoms with Gasteiger partial charge in [0.2, 0.25) is 0 Å². The molecule has 1 aromatic heterocycles. The molecular weight excluding hydrogens is 314 g/mol. The molecule has 1 amide bonds. The molecule has 0 aliphatic rings. The standard InChI is InChI=1S/C21H23NO3/c1-3-24-20-14-17-8-5-4-7-16(17)13-19(20)21(23)22-15(2)10-11-18-9-6-12-25-18/h4-9,12-15H,3,10-11H2,1-2H3,(H,22,23). The second kappa shape index (κ2) is 7.88. The largest absolute Gasteiger partial charge is 0.493 e. The van der Waals surface area contributed by atoms with Crippen molar-refractivity contribution < 1.29 is 13.9 Å². The zero-order valence-electron chi connectivity index (χ0n) is 14.6. The molecule has 2 aromatic carbocycles. The molecule has 0 spiro atoms. The summed E-state index contributed by atoms with van der Waals surface area (Å²) >= 11 is 0. The van der Waals surface area contributed by atoms with Crippen LogP contribution in [-0.2, 0) is 6.42 Å². The summed E-state index contributed by atoms with van der Waals surface area (Å²) in [6.45, 7) is 4.44. The van der Waals surface area contributed by atoms with E-state index in [1.54, 1.807) is 6.26 Å². The molecule has 4 nitrogen and oxygen atoms in total. The van der Waals surface area contributed by atoms with E-state index in [9.17, 15) is 4.79 Å². The van der Waals surface area contributed by atoms with Crippen LogP contribution in [0.15, 0.2) is 59.2 Å². The highest BCUT2D eigenvalue weighted by atomic mass is 16.5. The van der Waals surface area contributed by atoms with Crippen molar-refractivity contribution in [2.75, 3.05) is 6.61 Å². The fraction of sp³-hybridized carbons (Fsp3) is 0.286. The van der Waals surface area contributed by atoms with E-state index >= 15 is 0 Å². The normalized spacial score (nSPS) is 12.1. The van der Waals surface area contributed by atoms with Gasteiger partial charge in [0.15, 0.2) is 0 Å². The quantitative estimate of drug-likeness (QED) is 0.686. The number of benzene rings is 2. The highest BCUT2D eigenvalue weighted by Gasteiger charge is 2.16. The van der Waals surface area contributed by atoms with Crippen molar-refractivity contribution in [3.8, 4) is 5.75 Å². The number of nitrogens with one attached hydrogen (secondary N) is 1. The van der Waals surface area contributed by atoms with E-state index < -0.39 is 0 Å². The van der Waals surface area contributed by atoms with Gasteiger partial charge in [0.1, 0.15) is 11.5 Å². The van der Waals surface area contributed by atoms with Crippen LogP contribution in [0, 0.1) is 0 Å². The number of hydrogen-bond acceptors (Lipinski definition) is 3. The minimum atomic E-state index is -0.110. The predicted molar refractivity (Wildman–Crippen MR) is 99.1 cm³/mol. The highest BCUT2D eigenvalue weighted by molar-refractivity contribution is 6.01. The Bertz CT molecular complexity index is 839. The van der Waals surface area contributed by atoms with Crippen LogP contribution in [-0.4, -0.2) is 18.6 Å². The van der Waals surface area contributed by atoms with Gasteiger partial charge in [-0.2, -0.15) is 0 Å². The van der Waals surface area contributed by atoms with E-state index in [-0.39, 0.29) is 11.9 Å². The third-order valence-electron chi connectivity index (χ3n) is 4.17. The second-order valence-corrected chi connectivity index (χ2v) is 6.12. The predicted octanol–water partition coefficient (Wildman–Crippen LogP) is 4.58. The first kappa shape index (κ1) is 17.1. The molecule has 130 valence electrons. The van der Waals surface area contributed by atoms with Gasteiger partial charge in [-0.15, -0.1) is 0 Å². The Balaban J connectivity index is 1.74. The van der Waals surface area contributed by atoms with Gasteiger partial charge in [0.05, 0.1) is 18.4 Å². The Morgan fingerprint density at radius 3 is 2.60 bits per heavy atom. The Morgan fingerprint density at radius 1 is 1.16 bits per heavy atom. The number of ether oxygens (including phenoxy) is 1. The van der Waals surface area contributed by atoms with Crippen LogP contribution in [0.3, 0.4) is 0 Å². The first-order valence-electron chi connectivity index (χ1n) is 8.66. The third-order valence-corrected chi connectivity index (χ3v) is 4.17. The number of carbonyl (C=O) groups is 1. The van der Waals surface area contributed by atoms with Gasteiger partial charge < -0.3 is 14.5 Å². The zero-order chi connectivity index (χ0) is 17.6. The molecule has 0 saturated carbocycles. The average Bonchev–Trinajstić information content (AvgIpc) is 3.13. The van der Waals surface area contributed by atoms with Crippen LogP contribution in [0.2, 0.25) is 0 Å². The van der Waals surface area contributed by atoms with Gasteiger partial charge in [-0.25, -0.2) is 0 Å². The summed E-state index contributed by atoms with van der Waals surface area (Å²) in [7, 11) is 0. The highest BCUT2D eigenvalue weighted by Crippen LogP contribution is 2.26. The van der Waals surface area contributed by atoms with Crippen molar-refractivity contribution in [3.63, 3.8) is 0 Å². The van der Waals surface area contributed by atoms with Gasteiger partial charge in [0, 0.05) is 12.5 Å². The summed E-state index contributed by atoms with van der Waals surface area (Å²) in [4.78, 5) is 12.7. The summed E-state index contributed by atoms with van der Waals surface area (Å²) in [5.41, 5.74) is 0.574. The molecule has 4 heteroatoms. The molecule has 3 rings (SSSR count). The van der Waals surface area contributed by atoms with Gasteiger partial charge in [0.25, 0.3) is 5.91 Å². The van der Waals surface area contributed by atoms with Crippen molar-refractivity contribution in [3.05, 3.63) is 66.1 Å². The lowest BCUT2D eigenvalue weighted by atomic mass is 10.0. The maximum Gasteiger partial charge on any atom is 0.255 e. The first-order valence-corrected chi connectivity index (χ1v) is 8.66. The molecule has 25 heavy (non-hydrogen) atoms. The van der Waals surface area contributed by atoms with Gasteiger partial charge in [-0.05, 0) is 55.3 Å². The van der Waals surface area contributed by atoms with Crippen LogP contribution < -0.4 is 10.1 Å². The maximum absolute atomic E-state index is 12.7. The number of carbonyl (C=O) groups excluding carboxylic acids is 1.